The largest absolute Gasteiger partial charge is 0.378 e. The van der Waals surface area contributed by atoms with Crippen LogP contribution in [0.25, 0.3) is 0 Å². The van der Waals surface area contributed by atoms with E-state index >= 15 is 0 Å². The first-order valence-corrected chi connectivity index (χ1v) is 5.95. The number of halogens is 1. The Labute approximate surface area is 103 Å². The van der Waals surface area contributed by atoms with E-state index in [9.17, 15) is 4.79 Å². The van der Waals surface area contributed by atoms with Crippen molar-refractivity contribution in [2.45, 2.75) is 32.8 Å². The van der Waals surface area contributed by atoms with E-state index in [-0.39, 0.29) is 11.5 Å². The molecule has 0 spiro atoms. The molecule has 5 heteroatoms. The van der Waals surface area contributed by atoms with Crippen molar-refractivity contribution in [3.63, 3.8) is 0 Å². The van der Waals surface area contributed by atoms with Crippen molar-refractivity contribution >= 4 is 22.6 Å². The number of aromatic amines is 1. The van der Waals surface area contributed by atoms with Crippen LogP contribution in [0.1, 0.15) is 37.7 Å². The fourth-order valence-electron chi connectivity index (χ4n) is 1.18. The summed E-state index contributed by atoms with van der Waals surface area (Å²) in [5.74, 6) is 1.01. The van der Waals surface area contributed by atoms with Crippen molar-refractivity contribution in [2.24, 2.45) is 0 Å². The summed E-state index contributed by atoms with van der Waals surface area (Å²) < 4.78 is 5.62. The third-order valence-corrected chi connectivity index (χ3v) is 3.42. The lowest BCUT2D eigenvalue weighted by atomic mass is 10.1. The van der Waals surface area contributed by atoms with Gasteiger partial charge in [0.2, 0.25) is 0 Å². The number of aromatic nitrogens is 2. The molecule has 0 fully saturated rings. The molecule has 0 saturated heterocycles. The molecule has 1 unspecified atom stereocenters. The van der Waals surface area contributed by atoms with Crippen molar-refractivity contribution in [1.82, 2.24) is 9.97 Å². The zero-order valence-electron chi connectivity index (χ0n) is 9.13. The Hall–Kier alpha value is -0.430. The fourth-order valence-corrected chi connectivity index (χ4v) is 1.59. The number of nitrogens with one attached hydrogen (secondary N) is 1. The molecule has 4 nitrogen and oxygen atoms in total. The predicted molar refractivity (Wildman–Crippen MR) is 67.0 cm³/mol. The zero-order chi connectivity index (χ0) is 11.4. The molecule has 0 aromatic carbocycles. The molecular formula is C10H15IN2O2. The third kappa shape index (κ3) is 3.01. The lowest BCUT2D eigenvalue weighted by molar-refractivity contribution is 0.180. The van der Waals surface area contributed by atoms with Gasteiger partial charge in [0, 0.05) is 13.0 Å². The molecule has 1 aromatic heterocycles. The van der Waals surface area contributed by atoms with E-state index < -0.39 is 0 Å². The summed E-state index contributed by atoms with van der Waals surface area (Å²) in [4.78, 5) is 18.8. The average molecular weight is 322 g/mol. The number of ether oxygens (including phenoxy) is 1. The van der Waals surface area contributed by atoms with E-state index in [0.29, 0.717) is 10.2 Å². The molecule has 0 radical (unpaired) electrons. The second kappa shape index (κ2) is 5.60. The summed E-state index contributed by atoms with van der Waals surface area (Å²) in [7, 11) is 1.60. The molecule has 0 saturated carbocycles. The summed E-state index contributed by atoms with van der Waals surface area (Å²) in [5, 5.41) is 0. The maximum absolute atomic E-state index is 11.6. The molecule has 1 atom stereocenters. The van der Waals surface area contributed by atoms with Crippen LogP contribution in [0.4, 0.5) is 0 Å². The molecule has 0 aliphatic rings. The second-order valence-corrected chi connectivity index (χ2v) is 4.53. The van der Waals surface area contributed by atoms with Gasteiger partial charge < -0.3 is 9.72 Å². The van der Waals surface area contributed by atoms with Crippen LogP contribution in [-0.4, -0.2) is 17.1 Å². The first-order valence-electron chi connectivity index (χ1n) is 4.87. The minimum absolute atomic E-state index is 0.0760. The minimum atomic E-state index is -0.0760. The number of hydrogen-bond donors (Lipinski definition) is 1. The fraction of sp³-hybridized carbons (Fsp3) is 0.600. The van der Waals surface area contributed by atoms with Crippen LogP contribution in [0, 0.1) is 3.57 Å². The molecule has 1 rings (SSSR count). The van der Waals surface area contributed by atoms with Crippen LogP contribution in [0.5, 0.6) is 0 Å². The van der Waals surface area contributed by atoms with E-state index in [2.05, 4.69) is 16.9 Å². The minimum Gasteiger partial charge on any atom is -0.378 e. The van der Waals surface area contributed by atoms with Crippen molar-refractivity contribution in [3.8, 4) is 0 Å². The maximum atomic E-state index is 11.6. The summed E-state index contributed by atoms with van der Waals surface area (Å²) in [5.41, 5.74) is 0.644. The molecular weight excluding hydrogens is 307 g/mol. The molecule has 1 heterocycles. The Morgan fingerprint density at radius 3 is 2.80 bits per heavy atom. The number of rotatable bonds is 4. The number of hydrogen-bond acceptors (Lipinski definition) is 3. The molecule has 0 aliphatic heterocycles. The van der Waals surface area contributed by atoms with Crippen LogP contribution < -0.4 is 5.56 Å². The molecule has 15 heavy (non-hydrogen) atoms. The first kappa shape index (κ1) is 12.6. The molecule has 0 aliphatic carbocycles. The summed E-state index contributed by atoms with van der Waals surface area (Å²) in [6.45, 7) is 4.49. The lowest BCUT2D eigenvalue weighted by Crippen LogP contribution is -2.19. The quantitative estimate of drug-likeness (QED) is 0.863. The maximum Gasteiger partial charge on any atom is 0.264 e. The molecule has 0 bridgehead atoms. The normalized spacial score (nSPS) is 12.8. The van der Waals surface area contributed by atoms with Crippen LogP contribution in [0.3, 0.4) is 0 Å². The second-order valence-electron chi connectivity index (χ2n) is 3.45. The van der Waals surface area contributed by atoms with Gasteiger partial charge in [0.15, 0.2) is 0 Å². The van der Waals surface area contributed by atoms with E-state index in [1.807, 2.05) is 29.5 Å². The van der Waals surface area contributed by atoms with Gasteiger partial charge in [-0.15, -0.1) is 0 Å². The summed E-state index contributed by atoms with van der Waals surface area (Å²) in [6.07, 6.45) is 0.954. The van der Waals surface area contributed by atoms with Gasteiger partial charge in [0.1, 0.15) is 9.39 Å². The standard InChI is InChI=1S/C10H15IN2O2/c1-4-6(2)9-12-7(5-15-3)8(11)10(14)13-9/h6H,4-5H2,1-3H3,(H,12,13,14). The highest BCUT2D eigenvalue weighted by molar-refractivity contribution is 14.1. The topological polar surface area (TPSA) is 55.0 Å². The van der Waals surface area contributed by atoms with Gasteiger partial charge in [-0.25, -0.2) is 4.98 Å². The summed E-state index contributed by atoms with van der Waals surface area (Å²) >= 11 is 1.99. The predicted octanol–water partition coefficient (Wildman–Crippen LogP) is 2.03. The van der Waals surface area contributed by atoms with Gasteiger partial charge in [-0.2, -0.15) is 0 Å². The lowest BCUT2D eigenvalue weighted by Gasteiger charge is -2.10. The van der Waals surface area contributed by atoms with Gasteiger partial charge in [-0.05, 0) is 29.0 Å². The van der Waals surface area contributed by atoms with Crippen molar-refractivity contribution in [3.05, 3.63) is 25.4 Å². The van der Waals surface area contributed by atoms with Crippen molar-refractivity contribution < 1.29 is 4.74 Å². The van der Waals surface area contributed by atoms with Crippen LogP contribution in [-0.2, 0) is 11.3 Å². The van der Waals surface area contributed by atoms with Crippen LogP contribution in [0.15, 0.2) is 4.79 Å². The Bertz CT molecular complexity index is 389. The Balaban J connectivity index is 3.17. The van der Waals surface area contributed by atoms with Crippen LogP contribution in [0.2, 0.25) is 0 Å². The van der Waals surface area contributed by atoms with Gasteiger partial charge in [-0.1, -0.05) is 13.8 Å². The molecule has 84 valence electrons. The number of methoxy groups -OCH3 is 1. The Morgan fingerprint density at radius 2 is 2.27 bits per heavy atom. The Morgan fingerprint density at radius 1 is 1.60 bits per heavy atom. The van der Waals surface area contributed by atoms with E-state index in [4.69, 9.17) is 4.74 Å². The van der Waals surface area contributed by atoms with Crippen LogP contribution >= 0.6 is 22.6 Å². The van der Waals surface area contributed by atoms with E-state index in [1.54, 1.807) is 7.11 Å². The molecule has 0 amide bonds. The smallest absolute Gasteiger partial charge is 0.264 e. The SMILES string of the molecule is CCC(C)c1nc(COC)c(I)c(=O)[nH]1. The highest BCUT2D eigenvalue weighted by atomic mass is 127. The zero-order valence-corrected chi connectivity index (χ0v) is 11.3. The number of H-pyrrole nitrogens is 1. The average Bonchev–Trinajstić information content (AvgIpc) is 2.23. The highest BCUT2D eigenvalue weighted by Gasteiger charge is 2.12. The van der Waals surface area contributed by atoms with Crippen molar-refractivity contribution in [2.75, 3.05) is 7.11 Å². The van der Waals surface area contributed by atoms with E-state index in [0.717, 1.165) is 17.9 Å². The summed E-state index contributed by atoms with van der Waals surface area (Å²) in [6, 6.07) is 0. The van der Waals surface area contributed by atoms with Gasteiger partial charge in [0.25, 0.3) is 5.56 Å². The molecule has 1 aromatic rings. The number of nitrogens with zero attached hydrogens (tertiary/aromatic N) is 1. The van der Waals surface area contributed by atoms with Crippen molar-refractivity contribution in [1.29, 1.82) is 0 Å². The Kier molecular flexibility index (Phi) is 4.72. The van der Waals surface area contributed by atoms with Gasteiger partial charge >= 0.3 is 0 Å². The molecule has 1 N–H and O–H groups in total. The monoisotopic (exact) mass is 322 g/mol. The highest BCUT2D eigenvalue weighted by Crippen LogP contribution is 2.15. The third-order valence-electron chi connectivity index (χ3n) is 2.31. The first-order chi connectivity index (χ1) is 7.10. The van der Waals surface area contributed by atoms with E-state index in [1.165, 1.54) is 0 Å². The van der Waals surface area contributed by atoms with Gasteiger partial charge in [0.05, 0.1) is 12.3 Å². The van der Waals surface area contributed by atoms with Gasteiger partial charge in [-0.3, -0.25) is 4.79 Å².